The molecule has 2 aliphatic heterocycles. The van der Waals surface area contributed by atoms with Gasteiger partial charge >= 0.3 is 0 Å². The van der Waals surface area contributed by atoms with Crippen LogP contribution in [0, 0.1) is 0 Å². The third-order valence-electron chi connectivity index (χ3n) is 3.87. The summed E-state index contributed by atoms with van der Waals surface area (Å²) in [7, 11) is 2.10. The third kappa shape index (κ3) is 1.86. The Labute approximate surface area is 87.4 Å². The number of piperidine rings is 2. The predicted octanol–water partition coefficient (Wildman–Crippen LogP) is 1.78. The summed E-state index contributed by atoms with van der Waals surface area (Å²) in [5, 5.41) is 3.44. The van der Waals surface area contributed by atoms with Gasteiger partial charge in [-0.1, -0.05) is 12.5 Å². The van der Waals surface area contributed by atoms with E-state index in [1.54, 1.807) is 0 Å². The van der Waals surface area contributed by atoms with Crippen molar-refractivity contribution in [2.45, 2.75) is 50.2 Å². The van der Waals surface area contributed by atoms with E-state index in [0.717, 1.165) is 24.7 Å². The van der Waals surface area contributed by atoms with Crippen LogP contribution in [0.25, 0.3) is 0 Å². The van der Waals surface area contributed by atoms with Crippen molar-refractivity contribution in [1.82, 2.24) is 10.2 Å². The summed E-state index contributed by atoms with van der Waals surface area (Å²) in [6.45, 7) is 4.95. The molecule has 1 N–H and O–H groups in total. The number of hydrogen-bond acceptors (Lipinski definition) is 2. The Hall–Kier alpha value is -0.340. The molecular weight excluding hydrogens is 172 g/mol. The van der Waals surface area contributed by atoms with Crippen molar-refractivity contribution in [2.24, 2.45) is 0 Å². The van der Waals surface area contributed by atoms with Gasteiger partial charge in [0.2, 0.25) is 0 Å². The lowest BCUT2D eigenvalue weighted by Gasteiger charge is -2.48. The van der Waals surface area contributed by atoms with E-state index < -0.39 is 0 Å². The van der Waals surface area contributed by atoms with Crippen molar-refractivity contribution < 1.29 is 0 Å². The van der Waals surface area contributed by atoms with E-state index in [2.05, 4.69) is 29.9 Å². The molecule has 2 fully saturated rings. The first-order valence-corrected chi connectivity index (χ1v) is 5.89. The molecule has 80 valence electrons. The van der Waals surface area contributed by atoms with Gasteiger partial charge in [-0.25, -0.2) is 0 Å². The SMILES string of the molecule is C=CCN1C2CCCC1CC(NC)C2. The fraction of sp³-hybridized carbons (Fsp3) is 0.833. The Morgan fingerprint density at radius 2 is 2.00 bits per heavy atom. The molecule has 2 heterocycles. The van der Waals surface area contributed by atoms with Crippen LogP contribution >= 0.6 is 0 Å². The highest BCUT2D eigenvalue weighted by molar-refractivity contribution is 4.96. The van der Waals surface area contributed by atoms with Crippen LogP contribution in [-0.2, 0) is 0 Å². The van der Waals surface area contributed by atoms with Gasteiger partial charge in [-0.15, -0.1) is 6.58 Å². The van der Waals surface area contributed by atoms with Crippen LogP contribution < -0.4 is 5.32 Å². The minimum absolute atomic E-state index is 0.756. The Morgan fingerprint density at radius 1 is 1.36 bits per heavy atom. The van der Waals surface area contributed by atoms with Crippen LogP contribution in [0.3, 0.4) is 0 Å². The van der Waals surface area contributed by atoms with Crippen molar-refractivity contribution in [3.63, 3.8) is 0 Å². The molecule has 2 heteroatoms. The van der Waals surface area contributed by atoms with E-state index in [1.165, 1.54) is 32.1 Å². The fourth-order valence-corrected chi connectivity index (χ4v) is 3.16. The molecule has 2 aliphatic rings. The first-order chi connectivity index (χ1) is 6.85. The molecule has 2 nitrogen and oxygen atoms in total. The molecule has 0 aromatic rings. The second-order valence-electron chi connectivity index (χ2n) is 4.68. The van der Waals surface area contributed by atoms with Crippen molar-refractivity contribution in [3.05, 3.63) is 12.7 Å². The highest BCUT2D eigenvalue weighted by atomic mass is 15.2. The molecule has 2 unspecified atom stereocenters. The van der Waals surface area contributed by atoms with Crippen LogP contribution in [0.1, 0.15) is 32.1 Å². The summed E-state index contributed by atoms with van der Waals surface area (Å²) >= 11 is 0. The number of rotatable bonds is 3. The molecule has 0 spiro atoms. The minimum atomic E-state index is 0.756. The number of fused-ring (bicyclic) bond motifs is 2. The summed E-state index contributed by atoms with van der Waals surface area (Å²) in [4.78, 5) is 2.67. The lowest BCUT2D eigenvalue weighted by atomic mass is 9.82. The summed E-state index contributed by atoms with van der Waals surface area (Å²) in [6, 6.07) is 2.39. The van der Waals surface area contributed by atoms with Crippen molar-refractivity contribution in [2.75, 3.05) is 13.6 Å². The monoisotopic (exact) mass is 194 g/mol. The summed E-state index contributed by atoms with van der Waals surface area (Å²) in [5.74, 6) is 0. The van der Waals surface area contributed by atoms with Gasteiger partial charge in [-0.3, -0.25) is 4.90 Å². The zero-order valence-corrected chi connectivity index (χ0v) is 9.21. The third-order valence-corrected chi connectivity index (χ3v) is 3.87. The highest BCUT2D eigenvalue weighted by Crippen LogP contribution is 2.33. The standard InChI is InChI=1S/C12H22N2/c1-3-7-14-11-5-4-6-12(14)9-10(8-11)13-2/h3,10-13H,1,4-9H2,2H3. The second-order valence-corrected chi connectivity index (χ2v) is 4.68. The molecule has 14 heavy (non-hydrogen) atoms. The number of nitrogens with one attached hydrogen (secondary N) is 1. The maximum atomic E-state index is 3.86. The second kappa shape index (κ2) is 4.45. The van der Waals surface area contributed by atoms with Crippen molar-refractivity contribution >= 4 is 0 Å². The van der Waals surface area contributed by atoms with Crippen LogP contribution in [0.4, 0.5) is 0 Å². The zero-order chi connectivity index (χ0) is 9.97. The summed E-state index contributed by atoms with van der Waals surface area (Å²) in [6.07, 6.45) is 8.94. The Kier molecular flexibility index (Phi) is 3.24. The van der Waals surface area contributed by atoms with Crippen molar-refractivity contribution in [3.8, 4) is 0 Å². The van der Waals surface area contributed by atoms with Gasteiger partial charge < -0.3 is 5.32 Å². The Morgan fingerprint density at radius 3 is 2.50 bits per heavy atom. The maximum absolute atomic E-state index is 3.86. The molecule has 2 rings (SSSR count). The fourth-order valence-electron chi connectivity index (χ4n) is 3.16. The smallest absolute Gasteiger partial charge is 0.0166 e. The molecule has 2 atom stereocenters. The largest absolute Gasteiger partial charge is 0.317 e. The first-order valence-electron chi connectivity index (χ1n) is 5.89. The average molecular weight is 194 g/mol. The molecule has 0 saturated carbocycles. The summed E-state index contributed by atoms with van der Waals surface area (Å²) in [5.41, 5.74) is 0. The molecule has 0 amide bonds. The molecule has 0 aromatic heterocycles. The van der Waals surface area contributed by atoms with E-state index in [0.29, 0.717) is 0 Å². The van der Waals surface area contributed by atoms with E-state index in [9.17, 15) is 0 Å². The van der Waals surface area contributed by atoms with Gasteiger partial charge in [0, 0.05) is 24.7 Å². The molecular formula is C12H22N2. The quantitative estimate of drug-likeness (QED) is 0.689. The highest BCUT2D eigenvalue weighted by Gasteiger charge is 2.36. The van der Waals surface area contributed by atoms with Gasteiger partial charge in [-0.05, 0) is 32.7 Å². The lowest BCUT2D eigenvalue weighted by Crippen LogP contribution is -2.55. The Bertz CT molecular complexity index is 188. The number of hydrogen-bond donors (Lipinski definition) is 1. The molecule has 0 aliphatic carbocycles. The van der Waals surface area contributed by atoms with E-state index in [1.807, 2.05) is 0 Å². The van der Waals surface area contributed by atoms with Gasteiger partial charge in [0.05, 0.1) is 0 Å². The van der Waals surface area contributed by atoms with Crippen LogP contribution in [0.5, 0.6) is 0 Å². The van der Waals surface area contributed by atoms with Crippen LogP contribution in [-0.4, -0.2) is 36.6 Å². The molecule has 2 bridgehead atoms. The average Bonchev–Trinajstić information content (AvgIpc) is 2.17. The van der Waals surface area contributed by atoms with Crippen molar-refractivity contribution in [1.29, 1.82) is 0 Å². The lowest BCUT2D eigenvalue weighted by molar-refractivity contribution is 0.0366. The van der Waals surface area contributed by atoms with Gasteiger partial charge in [-0.2, -0.15) is 0 Å². The summed E-state index contributed by atoms with van der Waals surface area (Å²) < 4.78 is 0. The first kappa shape index (κ1) is 10.2. The topological polar surface area (TPSA) is 15.3 Å². The van der Waals surface area contributed by atoms with Crippen LogP contribution in [0.15, 0.2) is 12.7 Å². The normalized spacial score (nSPS) is 38.2. The predicted molar refractivity (Wildman–Crippen MR) is 60.4 cm³/mol. The van der Waals surface area contributed by atoms with E-state index in [-0.39, 0.29) is 0 Å². The molecule has 0 aromatic carbocycles. The van der Waals surface area contributed by atoms with Gasteiger partial charge in [0.25, 0.3) is 0 Å². The molecule has 0 radical (unpaired) electrons. The Balaban J connectivity index is 2.03. The zero-order valence-electron chi connectivity index (χ0n) is 9.21. The van der Waals surface area contributed by atoms with E-state index >= 15 is 0 Å². The van der Waals surface area contributed by atoms with Gasteiger partial charge in [0.1, 0.15) is 0 Å². The minimum Gasteiger partial charge on any atom is -0.317 e. The molecule has 2 saturated heterocycles. The maximum Gasteiger partial charge on any atom is 0.0166 e. The van der Waals surface area contributed by atoms with Gasteiger partial charge in [0.15, 0.2) is 0 Å². The van der Waals surface area contributed by atoms with E-state index in [4.69, 9.17) is 0 Å². The number of nitrogens with zero attached hydrogens (tertiary/aromatic N) is 1. The van der Waals surface area contributed by atoms with Crippen LogP contribution in [0.2, 0.25) is 0 Å².